The first-order chi connectivity index (χ1) is 11.3. The molecule has 0 fully saturated rings. The fraction of sp³-hybridized carbons (Fsp3) is 0.0526. The molecule has 0 spiro atoms. The summed E-state index contributed by atoms with van der Waals surface area (Å²) < 4.78 is 2.18. The van der Waals surface area contributed by atoms with Crippen LogP contribution in [0.15, 0.2) is 71.9 Å². The molecule has 0 unspecified atom stereocenters. The molecule has 0 radical (unpaired) electrons. The summed E-state index contributed by atoms with van der Waals surface area (Å²) in [5, 5.41) is 10.0. The third-order valence-electron chi connectivity index (χ3n) is 3.76. The Bertz CT molecular complexity index is 1040. The van der Waals surface area contributed by atoms with E-state index in [4.69, 9.17) is 10.2 Å². The van der Waals surface area contributed by atoms with Gasteiger partial charge in [-0.3, -0.25) is 0 Å². The number of aromatic nitrogens is 2. The first-order valence-corrected chi connectivity index (χ1v) is 8.31. The number of thioether (sulfide) groups is 1. The van der Waals surface area contributed by atoms with Crippen LogP contribution in [0.2, 0.25) is 0 Å². The van der Waals surface area contributed by atoms with Crippen molar-refractivity contribution in [3.05, 3.63) is 78.0 Å². The van der Waals surface area contributed by atoms with Crippen molar-refractivity contribution in [1.29, 1.82) is 5.26 Å². The van der Waals surface area contributed by atoms with Gasteiger partial charge in [-0.2, -0.15) is 5.26 Å². The van der Waals surface area contributed by atoms with Crippen molar-refractivity contribution in [2.45, 2.75) is 10.8 Å². The molecule has 2 aromatic heterocycles. The Morgan fingerprint density at radius 2 is 1.87 bits per heavy atom. The molecule has 0 atom stereocenters. The number of para-hydroxylation sites is 2. The van der Waals surface area contributed by atoms with Crippen LogP contribution < -0.4 is 0 Å². The van der Waals surface area contributed by atoms with Crippen LogP contribution in [0.4, 0.5) is 0 Å². The lowest BCUT2D eigenvalue weighted by atomic mass is 10.2. The molecule has 0 saturated heterocycles. The van der Waals surface area contributed by atoms with Crippen molar-refractivity contribution in [2.24, 2.45) is 0 Å². The molecule has 110 valence electrons. The Kier molecular flexibility index (Phi) is 3.49. The number of benzene rings is 2. The maximum atomic E-state index is 9.01. The van der Waals surface area contributed by atoms with E-state index in [9.17, 15) is 0 Å². The number of fused-ring (bicyclic) bond motifs is 3. The van der Waals surface area contributed by atoms with Crippen molar-refractivity contribution in [3.63, 3.8) is 0 Å². The number of rotatable bonds is 3. The van der Waals surface area contributed by atoms with E-state index in [1.807, 2.05) is 48.5 Å². The molecular formula is C19H13N3S. The predicted molar refractivity (Wildman–Crippen MR) is 93.4 cm³/mol. The number of hydrogen-bond donors (Lipinski definition) is 0. The van der Waals surface area contributed by atoms with Gasteiger partial charge in [-0.1, -0.05) is 36.0 Å². The predicted octanol–water partition coefficient (Wildman–Crippen LogP) is 4.65. The summed E-state index contributed by atoms with van der Waals surface area (Å²) in [5.41, 5.74) is 5.05. The normalized spacial score (nSPS) is 10.9. The summed E-state index contributed by atoms with van der Waals surface area (Å²) in [6.07, 6.45) is 2.07. The van der Waals surface area contributed by atoms with Crippen LogP contribution in [0.3, 0.4) is 0 Å². The van der Waals surface area contributed by atoms with Crippen molar-refractivity contribution >= 4 is 28.3 Å². The third kappa shape index (κ3) is 2.56. The molecule has 0 saturated carbocycles. The van der Waals surface area contributed by atoms with Crippen molar-refractivity contribution in [1.82, 2.24) is 9.38 Å². The smallest absolute Gasteiger partial charge is 0.121 e. The molecule has 4 rings (SSSR count). The van der Waals surface area contributed by atoms with E-state index in [2.05, 4.69) is 28.8 Å². The molecule has 4 aromatic rings. The first kappa shape index (κ1) is 13.9. The van der Waals surface area contributed by atoms with Gasteiger partial charge in [0.2, 0.25) is 0 Å². The SMILES string of the molecule is N#Cc1cccc(CSc2nc3ccccc3n3cccc23)c1. The summed E-state index contributed by atoms with van der Waals surface area (Å²) in [7, 11) is 0. The van der Waals surface area contributed by atoms with E-state index in [-0.39, 0.29) is 0 Å². The molecular weight excluding hydrogens is 302 g/mol. The first-order valence-electron chi connectivity index (χ1n) is 7.33. The fourth-order valence-electron chi connectivity index (χ4n) is 2.68. The van der Waals surface area contributed by atoms with Gasteiger partial charge in [-0.05, 0) is 42.0 Å². The molecule has 0 aliphatic rings. The van der Waals surface area contributed by atoms with E-state index in [0.29, 0.717) is 5.56 Å². The maximum absolute atomic E-state index is 9.01. The molecule has 2 heterocycles. The van der Waals surface area contributed by atoms with Crippen LogP contribution in [0.1, 0.15) is 11.1 Å². The lowest BCUT2D eigenvalue weighted by Crippen LogP contribution is -1.93. The molecule has 0 aliphatic carbocycles. The van der Waals surface area contributed by atoms with Crippen LogP contribution in [0, 0.1) is 11.3 Å². The van der Waals surface area contributed by atoms with Crippen LogP contribution >= 0.6 is 11.8 Å². The standard InChI is InChI=1S/C19H13N3S/c20-12-14-5-3-6-15(11-14)13-23-19-18-9-4-10-22(18)17-8-2-1-7-16(17)21-19/h1-11H,13H2. The van der Waals surface area contributed by atoms with E-state index >= 15 is 0 Å². The Morgan fingerprint density at radius 3 is 2.78 bits per heavy atom. The topological polar surface area (TPSA) is 41.1 Å². The quantitative estimate of drug-likeness (QED) is 0.517. The van der Waals surface area contributed by atoms with E-state index in [0.717, 1.165) is 32.9 Å². The van der Waals surface area contributed by atoms with Gasteiger partial charge in [0, 0.05) is 11.9 Å². The summed E-state index contributed by atoms with van der Waals surface area (Å²) >= 11 is 1.70. The molecule has 4 heteroatoms. The zero-order chi connectivity index (χ0) is 15.6. The summed E-state index contributed by atoms with van der Waals surface area (Å²) in [4.78, 5) is 4.81. The molecule has 0 bridgehead atoms. The average Bonchev–Trinajstić information content (AvgIpc) is 3.10. The molecule has 2 aromatic carbocycles. The zero-order valence-corrected chi connectivity index (χ0v) is 13.1. The molecule has 0 amide bonds. The van der Waals surface area contributed by atoms with Crippen LogP contribution in [-0.2, 0) is 5.75 Å². The number of hydrogen-bond acceptors (Lipinski definition) is 3. The second-order valence-corrected chi connectivity index (χ2v) is 6.23. The van der Waals surface area contributed by atoms with Gasteiger partial charge in [0.25, 0.3) is 0 Å². The highest BCUT2D eigenvalue weighted by Gasteiger charge is 2.08. The molecule has 0 N–H and O–H groups in total. The Morgan fingerprint density at radius 1 is 1.00 bits per heavy atom. The zero-order valence-electron chi connectivity index (χ0n) is 12.3. The highest BCUT2D eigenvalue weighted by Crippen LogP contribution is 2.28. The van der Waals surface area contributed by atoms with Crippen LogP contribution in [-0.4, -0.2) is 9.38 Å². The lowest BCUT2D eigenvalue weighted by Gasteiger charge is -2.08. The largest absolute Gasteiger partial charge is 0.313 e. The fourth-order valence-corrected chi connectivity index (χ4v) is 3.64. The third-order valence-corrected chi connectivity index (χ3v) is 4.81. The minimum Gasteiger partial charge on any atom is -0.313 e. The summed E-state index contributed by atoms with van der Waals surface area (Å²) in [5.74, 6) is 0.793. The van der Waals surface area contributed by atoms with E-state index in [1.165, 1.54) is 0 Å². The second-order valence-electron chi connectivity index (χ2n) is 5.27. The van der Waals surface area contributed by atoms with Gasteiger partial charge < -0.3 is 4.40 Å². The van der Waals surface area contributed by atoms with Gasteiger partial charge in [0.1, 0.15) is 5.03 Å². The molecule has 23 heavy (non-hydrogen) atoms. The van der Waals surface area contributed by atoms with Gasteiger partial charge in [0.05, 0.1) is 28.2 Å². The second kappa shape index (κ2) is 5.79. The Balaban J connectivity index is 1.73. The van der Waals surface area contributed by atoms with Crippen LogP contribution in [0.25, 0.3) is 16.6 Å². The van der Waals surface area contributed by atoms with Gasteiger partial charge in [0.15, 0.2) is 0 Å². The van der Waals surface area contributed by atoms with Crippen molar-refractivity contribution in [3.8, 4) is 6.07 Å². The minimum absolute atomic E-state index is 0.697. The monoisotopic (exact) mass is 315 g/mol. The minimum atomic E-state index is 0.697. The van der Waals surface area contributed by atoms with E-state index in [1.54, 1.807) is 11.8 Å². The molecule has 3 nitrogen and oxygen atoms in total. The van der Waals surface area contributed by atoms with Crippen molar-refractivity contribution in [2.75, 3.05) is 0 Å². The molecule has 0 aliphatic heterocycles. The maximum Gasteiger partial charge on any atom is 0.121 e. The van der Waals surface area contributed by atoms with Crippen LogP contribution in [0.5, 0.6) is 0 Å². The van der Waals surface area contributed by atoms with Gasteiger partial charge in [-0.25, -0.2) is 4.98 Å². The van der Waals surface area contributed by atoms with Gasteiger partial charge in [-0.15, -0.1) is 0 Å². The highest BCUT2D eigenvalue weighted by molar-refractivity contribution is 7.98. The lowest BCUT2D eigenvalue weighted by molar-refractivity contribution is 1.12. The summed E-state index contributed by atoms with van der Waals surface area (Å²) in [6.45, 7) is 0. The van der Waals surface area contributed by atoms with Crippen molar-refractivity contribution < 1.29 is 0 Å². The Labute approximate surface area is 138 Å². The Hall–Kier alpha value is -2.77. The number of nitriles is 1. The van der Waals surface area contributed by atoms with E-state index < -0.39 is 0 Å². The van der Waals surface area contributed by atoms with Gasteiger partial charge >= 0.3 is 0 Å². The number of nitrogens with zero attached hydrogens (tertiary/aromatic N) is 3. The average molecular weight is 315 g/mol. The summed E-state index contributed by atoms with van der Waals surface area (Å²) in [6, 6.07) is 22.2. The highest BCUT2D eigenvalue weighted by atomic mass is 32.2.